The summed E-state index contributed by atoms with van der Waals surface area (Å²) in [7, 11) is 0. The van der Waals surface area contributed by atoms with Crippen molar-refractivity contribution in [3.8, 4) is 0 Å². The van der Waals surface area contributed by atoms with Gasteiger partial charge in [-0.1, -0.05) is 17.7 Å². The Morgan fingerprint density at radius 1 is 1.38 bits per heavy atom. The van der Waals surface area contributed by atoms with Gasteiger partial charge in [-0.15, -0.1) is 11.3 Å². The maximum absolute atomic E-state index is 6.07. The van der Waals surface area contributed by atoms with Gasteiger partial charge in [0.15, 0.2) is 0 Å². The van der Waals surface area contributed by atoms with Gasteiger partial charge in [0.05, 0.1) is 16.4 Å². The van der Waals surface area contributed by atoms with E-state index in [1.54, 1.807) is 11.3 Å². The van der Waals surface area contributed by atoms with Crippen molar-refractivity contribution in [2.45, 2.75) is 13.5 Å². The molecule has 2 nitrogen and oxygen atoms in total. The minimum absolute atomic E-state index is 0.661. The number of para-hydroxylation sites is 1. The fraction of sp³-hybridized carbons (Fsp3) is 0.167. The highest BCUT2D eigenvalue weighted by atomic mass is 35.5. The van der Waals surface area contributed by atoms with Crippen LogP contribution in [0, 0.1) is 6.92 Å². The molecule has 84 valence electrons. The van der Waals surface area contributed by atoms with Crippen LogP contribution in [-0.4, -0.2) is 0 Å². The molecule has 0 aliphatic heterocycles. The van der Waals surface area contributed by atoms with Gasteiger partial charge in [-0.25, -0.2) is 0 Å². The average Bonchev–Trinajstić information content (AvgIpc) is 2.64. The molecule has 0 radical (unpaired) electrons. The number of nitrogens with two attached hydrogens (primary N) is 1. The van der Waals surface area contributed by atoms with Crippen molar-refractivity contribution in [2.24, 2.45) is 0 Å². The Kier molecular flexibility index (Phi) is 3.36. The lowest BCUT2D eigenvalue weighted by molar-refractivity contribution is 1.17. The number of halogens is 1. The minimum Gasteiger partial charge on any atom is -0.397 e. The second kappa shape index (κ2) is 4.76. The van der Waals surface area contributed by atoms with Crippen molar-refractivity contribution in [2.75, 3.05) is 11.1 Å². The van der Waals surface area contributed by atoms with Crippen LogP contribution in [0.3, 0.4) is 0 Å². The van der Waals surface area contributed by atoms with Crippen LogP contribution in [0.25, 0.3) is 0 Å². The number of hydrogen-bond donors (Lipinski definition) is 2. The normalized spacial score (nSPS) is 10.4. The van der Waals surface area contributed by atoms with Gasteiger partial charge in [0, 0.05) is 11.4 Å². The first-order valence-electron chi connectivity index (χ1n) is 4.99. The van der Waals surface area contributed by atoms with E-state index in [0.717, 1.165) is 12.2 Å². The third-order valence-electron chi connectivity index (χ3n) is 2.44. The van der Waals surface area contributed by atoms with E-state index in [4.69, 9.17) is 17.3 Å². The molecule has 0 atom stereocenters. The second-order valence-corrected chi connectivity index (χ2v) is 4.99. The van der Waals surface area contributed by atoms with Gasteiger partial charge < -0.3 is 11.1 Å². The zero-order valence-electron chi connectivity index (χ0n) is 8.96. The molecule has 2 rings (SSSR count). The average molecular weight is 253 g/mol. The Labute approximate surface area is 104 Å². The standard InChI is InChI=1S/C12H13ClN2S/c1-8-5-6-16-11(8)7-15-12-9(13)3-2-4-10(12)14/h2-6,15H,7,14H2,1H3. The summed E-state index contributed by atoms with van der Waals surface area (Å²) >= 11 is 7.80. The highest BCUT2D eigenvalue weighted by Crippen LogP contribution is 2.29. The zero-order valence-corrected chi connectivity index (χ0v) is 10.5. The largest absolute Gasteiger partial charge is 0.397 e. The van der Waals surface area contributed by atoms with E-state index in [2.05, 4.69) is 23.7 Å². The Hall–Kier alpha value is -1.19. The fourth-order valence-corrected chi connectivity index (χ4v) is 2.58. The van der Waals surface area contributed by atoms with Crippen molar-refractivity contribution in [1.82, 2.24) is 0 Å². The van der Waals surface area contributed by atoms with Crippen LogP contribution in [0.5, 0.6) is 0 Å². The summed E-state index contributed by atoms with van der Waals surface area (Å²) in [5, 5.41) is 6.02. The summed E-state index contributed by atoms with van der Waals surface area (Å²) in [6.45, 7) is 2.86. The molecule has 0 aliphatic carbocycles. The molecular weight excluding hydrogens is 240 g/mol. The Bertz CT molecular complexity index is 473. The number of benzene rings is 1. The summed E-state index contributed by atoms with van der Waals surface area (Å²) in [5.74, 6) is 0. The van der Waals surface area contributed by atoms with Crippen LogP contribution < -0.4 is 11.1 Å². The number of rotatable bonds is 3. The van der Waals surface area contributed by atoms with Crippen molar-refractivity contribution in [3.05, 3.63) is 45.1 Å². The molecule has 0 amide bonds. The van der Waals surface area contributed by atoms with Crippen LogP contribution in [0.4, 0.5) is 11.4 Å². The predicted molar refractivity (Wildman–Crippen MR) is 72.2 cm³/mol. The van der Waals surface area contributed by atoms with E-state index in [0.29, 0.717) is 10.7 Å². The van der Waals surface area contributed by atoms with Crippen molar-refractivity contribution < 1.29 is 0 Å². The molecule has 0 aliphatic rings. The molecule has 3 N–H and O–H groups in total. The third kappa shape index (κ3) is 2.31. The molecule has 0 saturated carbocycles. The van der Waals surface area contributed by atoms with Gasteiger partial charge >= 0.3 is 0 Å². The lowest BCUT2D eigenvalue weighted by atomic mass is 10.2. The van der Waals surface area contributed by atoms with Crippen molar-refractivity contribution in [1.29, 1.82) is 0 Å². The van der Waals surface area contributed by atoms with Gasteiger partial charge in [-0.2, -0.15) is 0 Å². The molecule has 0 fully saturated rings. The van der Waals surface area contributed by atoms with Crippen LogP contribution in [0.1, 0.15) is 10.4 Å². The number of nitrogen functional groups attached to an aromatic ring is 1. The van der Waals surface area contributed by atoms with E-state index in [1.807, 2.05) is 18.2 Å². The SMILES string of the molecule is Cc1ccsc1CNc1c(N)cccc1Cl. The summed E-state index contributed by atoms with van der Waals surface area (Å²) in [6, 6.07) is 7.63. The van der Waals surface area contributed by atoms with Crippen molar-refractivity contribution in [3.63, 3.8) is 0 Å². The van der Waals surface area contributed by atoms with Gasteiger partial charge in [0.1, 0.15) is 0 Å². The molecular formula is C12H13ClN2S. The summed E-state index contributed by atoms with van der Waals surface area (Å²) in [4.78, 5) is 1.30. The maximum atomic E-state index is 6.07. The lowest BCUT2D eigenvalue weighted by Crippen LogP contribution is -2.02. The highest BCUT2D eigenvalue weighted by molar-refractivity contribution is 7.10. The Morgan fingerprint density at radius 3 is 2.81 bits per heavy atom. The maximum Gasteiger partial charge on any atom is 0.0766 e. The molecule has 0 unspecified atom stereocenters. The van der Waals surface area contributed by atoms with Crippen LogP contribution >= 0.6 is 22.9 Å². The van der Waals surface area contributed by atoms with E-state index in [-0.39, 0.29) is 0 Å². The molecule has 1 heterocycles. The van der Waals surface area contributed by atoms with E-state index >= 15 is 0 Å². The van der Waals surface area contributed by atoms with Gasteiger partial charge in [-0.3, -0.25) is 0 Å². The molecule has 4 heteroatoms. The topological polar surface area (TPSA) is 38.0 Å². The molecule has 16 heavy (non-hydrogen) atoms. The zero-order chi connectivity index (χ0) is 11.5. The molecule has 2 aromatic rings. The molecule has 1 aromatic heterocycles. The fourth-order valence-electron chi connectivity index (χ4n) is 1.48. The molecule has 0 bridgehead atoms. The van der Waals surface area contributed by atoms with Crippen LogP contribution in [-0.2, 0) is 6.54 Å². The van der Waals surface area contributed by atoms with E-state index in [1.165, 1.54) is 10.4 Å². The number of nitrogens with one attached hydrogen (secondary N) is 1. The van der Waals surface area contributed by atoms with Crippen molar-refractivity contribution >= 4 is 34.3 Å². The minimum atomic E-state index is 0.661. The highest BCUT2D eigenvalue weighted by Gasteiger charge is 2.05. The van der Waals surface area contributed by atoms with Crippen LogP contribution in [0.15, 0.2) is 29.6 Å². The Balaban J connectivity index is 2.14. The number of aryl methyl sites for hydroxylation is 1. The van der Waals surface area contributed by atoms with E-state index in [9.17, 15) is 0 Å². The lowest BCUT2D eigenvalue weighted by Gasteiger charge is -2.10. The Morgan fingerprint density at radius 2 is 2.19 bits per heavy atom. The van der Waals surface area contributed by atoms with Gasteiger partial charge in [-0.05, 0) is 36.1 Å². The van der Waals surface area contributed by atoms with Gasteiger partial charge in [0.2, 0.25) is 0 Å². The quantitative estimate of drug-likeness (QED) is 0.813. The van der Waals surface area contributed by atoms with Crippen LogP contribution in [0.2, 0.25) is 5.02 Å². The first-order chi connectivity index (χ1) is 7.68. The monoisotopic (exact) mass is 252 g/mol. The number of anilines is 2. The summed E-state index contributed by atoms with van der Waals surface area (Å²) in [6.07, 6.45) is 0. The summed E-state index contributed by atoms with van der Waals surface area (Å²) < 4.78 is 0. The third-order valence-corrected chi connectivity index (χ3v) is 3.78. The summed E-state index contributed by atoms with van der Waals surface area (Å²) in [5.41, 5.74) is 8.65. The predicted octanol–water partition coefficient (Wildman–Crippen LogP) is 3.90. The van der Waals surface area contributed by atoms with Gasteiger partial charge in [0.25, 0.3) is 0 Å². The smallest absolute Gasteiger partial charge is 0.0766 e. The molecule has 1 aromatic carbocycles. The second-order valence-electron chi connectivity index (χ2n) is 3.58. The van der Waals surface area contributed by atoms with E-state index < -0.39 is 0 Å². The molecule has 0 spiro atoms. The first kappa shape index (κ1) is 11.3. The molecule has 0 saturated heterocycles. The first-order valence-corrected chi connectivity index (χ1v) is 6.25. The number of thiophene rings is 1. The number of hydrogen-bond acceptors (Lipinski definition) is 3.